The number of nitrogens with zero attached hydrogens (tertiary/aromatic N) is 3. The number of amides is 1. The molecule has 1 amide bonds. The molecular weight excluding hydrogens is 270 g/mol. The molecule has 104 valence electrons. The second kappa shape index (κ2) is 4.74. The number of rotatable bonds is 3. The highest BCUT2D eigenvalue weighted by Crippen LogP contribution is 2.24. The molecule has 2 rings (SSSR count). The van der Waals surface area contributed by atoms with E-state index in [2.05, 4.69) is 9.97 Å². The van der Waals surface area contributed by atoms with Crippen LogP contribution in [0.3, 0.4) is 0 Å². The van der Waals surface area contributed by atoms with Crippen LogP contribution in [0.5, 0.6) is 0 Å². The summed E-state index contributed by atoms with van der Waals surface area (Å²) >= 11 is 0. The van der Waals surface area contributed by atoms with Crippen molar-refractivity contribution in [1.29, 1.82) is 0 Å². The summed E-state index contributed by atoms with van der Waals surface area (Å²) in [6.07, 6.45) is 0.138. The van der Waals surface area contributed by atoms with Crippen molar-refractivity contribution in [3.05, 3.63) is 11.8 Å². The van der Waals surface area contributed by atoms with Gasteiger partial charge in [-0.2, -0.15) is 4.98 Å². The average molecular weight is 285 g/mol. The number of primary sulfonamides is 1. The number of carbonyl (C=O) groups is 1. The van der Waals surface area contributed by atoms with E-state index in [4.69, 9.17) is 10.9 Å². The van der Waals surface area contributed by atoms with Gasteiger partial charge in [0.25, 0.3) is 0 Å². The van der Waals surface area contributed by atoms with Gasteiger partial charge in [-0.25, -0.2) is 18.5 Å². The highest BCUT2D eigenvalue weighted by molar-refractivity contribution is 7.89. The van der Waals surface area contributed by atoms with Gasteiger partial charge in [0.1, 0.15) is 5.82 Å². The molecule has 9 heteroatoms. The first-order valence-electron chi connectivity index (χ1n) is 5.66. The summed E-state index contributed by atoms with van der Waals surface area (Å²) in [5.41, 5.74) is 6.18. The lowest BCUT2D eigenvalue weighted by atomic mass is 10.1. The fraction of sp³-hybridized carbons (Fsp3) is 0.500. The summed E-state index contributed by atoms with van der Waals surface area (Å²) in [4.78, 5) is 21.2. The Bertz CT molecular complexity index is 595. The molecule has 0 aromatic carbocycles. The zero-order valence-corrected chi connectivity index (χ0v) is 11.2. The van der Waals surface area contributed by atoms with Crippen molar-refractivity contribution < 1.29 is 13.2 Å². The summed E-state index contributed by atoms with van der Waals surface area (Å²) in [5, 5.41) is 4.99. The van der Waals surface area contributed by atoms with Crippen LogP contribution in [0.25, 0.3) is 0 Å². The van der Waals surface area contributed by atoms with Crippen LogP contribution in [0.1, 0.15) is 12.1 Å². The first-order chi connectivity index (χ1) is 8.74. The summed E-state index contributed by atoms with van der Waals surface area (Å²) in [5.74, 6) is -0.246. The molecule has 2 heterocycles. The Morgan fingerprint density at radius 1 is 1.47 bits per heavy atom. The molecule has 1 fully saturated rings. The molecule has 1 atom stereocenters. The SMILES string of the molecule is Cc1cc(N2CC(CS(N)(=O)=O)CC2=O)nc(N)n1. The standard InChI is InChI=1S/C10H15N5O3S/c1-6-2-8(14-10(11)13-6)15-4-7(3-9(15)16)5-19(12,17)18/h2,7H,3-5H2,1H3,(H2,11,13,14)(H2,12,17,18). The molecule has 1 aromatic heterocycles. The number of carbonyl (C=O) groups excluding carboxylic acids is 1. The normalized spacial score (nSPS) is 20.0. The van der Waals surface area contributed by atoms with Crippen molar-refractivity contribution in [2.75, 3.05) is 22.9 Å². The second-order valence-electron chi connectivity index (χ2n) is 4.63. The molecule has 4 N–H and O–H groups in total. The molecule has 0 spiro atoms. The van der Waals surface area contributed by atoms with Gasteiger partial charge in [-0.3, -0.25) is 9.69 Å². The van der Waals surface area contributed by atoms with Gasteiger partial charge < -0.3 is 5.73 Å². The topological polar surface area (TPSA) is 132 Å². The number of aryl methyl sites for hydroxylation is 1. The lowest BCUT2D eigenvalue weighted by molar-refractivity contribution is -0.117. The Balaban J connectivity index is 2.20. The fourth-order valence-electron chi connectivity index (χ4n) is 2.16. The summed E-state index contributed by atoms with van der Waals surface area (Å²) in [7, 11) is -3.59. The molecule has 1 aliphatic heterocycles. The number of hydrogen-bond acceptors (Lipinski definition) is 6. The minimum absolute atomic E-state index is 0.0812. The molecule has 1 unspecified atom stereocenters. The maximum Gasteiger partial charge on any atom is 0.228 e. The van der Waals surface area contributed by atoms with E-state index in [1.165, 1.54) is 4.90 Å². The van der Waals surface area contributed by atoms with Gasteiger partial charge in [-0.1, -0.05) is 0 Å². The minimum Gasteiger partial charge on any atom is -0.368 e. The first kappa shape index (κ1) is 13.7. The Labute approximate surface area is 110 Å². The third-order valence-corrected chi connectivity index (χ3v) is 3.74. The number of nitrogen functional groups attached to an aromatic ring is 1. The second-order valence-corrected chi connectivity index (χ2v) is 6.29. The molecule has 1 aliphatic rings. The number of aromatic nitrogens is 2. The van der Waals surface area contributed by atoms with E-state index in [1.54, 1.807) is 13.0 Å². The first-order valence-corrected chi connectivity index (χ1v) is 7.38. The van der Waals surface area contributed by atoms with E-state index in [9.17, 15) is 13.2 Å². The van der Waals surface area contributed by atoms with Crippen LogP contribution < -0.4 is 15.8 Å². The highest BCUT2D eigenvalue weighted by atomic mass is 32.2. The van der Waals surface area contributed by atoms with Crippen molar-refractivity contribution in [3.63, 3.8) is 0 Å². The third kappa shape index (κ3) is 3.38. The van der Waals surface area contributed by atoms with Gasteiger partial charge in [-0.05, 0) is 6.92 Å². The molecule has 1 aromatic rings. The Hall–Kier alpha value is -1.74. The van der Waals surface area contributed by atoms with Crippen LogP contribution >= 0.6 is 0 Å². The predicted octanol–water partition coefficient (Wildman–Crippen LogP) is -0.991. The zero-order chi connectivity index (χ0) is 14.2. The molecule has 0 bridgehead atoms. The van der Waals surface area contributed by atoms with Gasteiger partial charge in [-0.15, -0.1) is 0 Å². The predicted molar refractivity (Wildman–Crippen MR) is 69.6 cm³/mol. The maximum atomic E-state index is 11.9. The number of hydrogen-bond donors (Lipinski definition) is 2. The molecule has 0 radical (unpaired) electrons. The zero-order valence-electron chi connectivity index (χ0n) is 10.4. The van der Waals surface area contributed by atoms with Gasteiger partial charge >= 0.3 is 0 Å². The van der Waals surface area contributed by atoms with Crippen molar-refractivity contribution in [2.45, 2.75) is 13.3 Å². The van der Waals surface area contributed by atoms with E-state index >= 15 is 0 Å². The van der Waals surface area contributed by atoms with E-state index < -0.39 is 10.0 Å². The maximum absolute atomic E-state index is 11.9. The van der Waals surface area contributed by atoms with Gasteiger partial charge in [0.2, 0.25) is 21.9 Å². The smallest absolute Gasteiger partial charge is 0.228 e. The lowest BCUT2D eigenvalue weighted by Crippen LogP contribution is -2.28. The minimum atomic E-state index is -3.59. The van der Waals surface area contributed by atoms with Crippen molar-refractivity contribution in [2.24, 2.45) is 11.1 Å². The van der Waals surface area contributed by atoms with Crippen LogP contribution in [-0.4, -0.2) is 36.6 Å². The van der Waals surface area contributed by atoms with E-state index in [0.717, 1.165) is 0 Å². The molecule has 0 saturated carbocycles. The molecule has 0 aliphatic carbocycles. The highest BCUT2D eigenvalue weighted by Gasteiger charge is 2.33. The van der Waals surface area contributed by atoms with Crippen LogP contribution in [0.2, 0.25) is 0 Å². The van der Waals surface area contributed by atoms with Gasteiger partial charge in [0.05, 0.1) is 5.75 Å². The number of nitrogens with two attached hydrogens (primary N) is 2. The number of sulfonamides is 1. The summed E-state index contributed by atoms with van der Waals surface area (Å²) in [6.45, 7) is 2.01. The van der Waals surface area contributed by atoms with Crippen molar-refractivity contribution in [1.82, 2.24) is 9.97 Å². The summed E-state index contributed by atoms with van der Waals surface area (Å²) in [6, 6.07) is 1.63. The number of anilines is 2. The van der Waals surface area contributed by atoms with E-state index in [1.807, 2.05) is 0 Å². The Morgan fingerprint density at radius 2 is 2.16 bits per heavy atom. The van der Waals surface area contributed by atoms with Crippen LogP contribution in [0, 0.1) is 12.8 Å². The third-order valence-electron chi connectivity index (χ3n) is 2.81. The summed E-state index contributed by atoms with van der Waals surface area (Å²) < 4.78 is 22.1. The molecule has 8 nitrogen and oxygen atoms in total. The Kier molecular flexibility index (Phi) is 3.42. The Morgan fingerprint density at radius 3 is 2.74 bits per heavy atom. The largest absolute Gasteiger partial charge is 0.368 e. The average Bonchev–Trinajstić information content (AvgIpc) is 2.54. The molecule has 1 saturated heterocycles. The van der Waals surface area contributed by atoms with E-state index in [-0.39, 0.29) is 36.5 Å². The quantitative estimate of drug-likeness (QED) is 0.732. The lowest BCUT2D eigenvalue weighted by Gasteiger charge is -2.16. The van der Waals surface area contributed by atoms with Crippen LogP contribution in [0.4, 0.5) is 11.8 Å². The van der Waals surface area contributed by atoms with Gasteiger partial charge in [0, 0.05) is 30.6 Å². The monoisotopic (exact) mass is 285 g/mol. The van der Waals surface area contributed by atoms with Crippen LogP contribution in [-0.2, 0) is 14.8 Å². The van der Waals surface area contributed by atoms with Crippen LogP contribution in [0.15, 0.2) is 6.07 Å². The van der Waals surface area contributed by atoms with Gasteiger partial charge in [0.15, 0.2) is 0 Å². The van der Waals surface area contributed by atoms with E-state index in [0.29, 0.717) is 11.5 Å². The molecular formula is C10H15N5O3S. The van der Waals surface area contributed by atoms with Crippen molar-refractivity contribution >= 4 is 27.7 Å². The fourth-order valence-corrected chi connectivity index (χ4v) is 3.04. The molecule has 19 heavy (non-hydrogen) atoms. The van der Waals surface area contributed by atoms with Crippen molar-refractivity contribution in [3.8, 4) is 0 Å².